The number of esters is 1. The number of hydrogen-bond donors (Lipinski definition) is 1. The number of benzene rings is 2. The number of rotatable bonds is 3. The van der Waals surface area contributed by atoms with Gasteiger partial charge in [0.25, 0.3) is 5.56 Å². The van der Waals surface area contributed by atoms with Gasteiger partial charge in [0.05, 0.1) is 5.39 Å². The Bertz CT molecular complexity index is 1060. The number of nitrogens with zero attached hydrogens (tertiary/aromatic N) is 1. The van der Waals surface area contributed by atoms with Crippen LogP contribution in [0.3, 0.4) is 0 Å². The lowest BCUT2D eigenvalue weighted by Gasteiger charge is -2.19. The predicted molar refractivity (Wildman–Crippen MR) is 96.6 cm³/mol. The van der Waals surface area contributed by atoms with Crippen LogP contribution in [-0.2, 0) is 11.3 Å². The first-order valence-corrected chi connectivity index (χ1v) is 8.65. The Morgan fingerprint density at radius 1 is 1.15 bits per heavy atom. The second kappa shape index (κ2) is 6.80. The zero-order valence-corrected chi connectivity index (χ0v) is 15.0. The van der Waals surface area contributed by atoms with Gasteiger partial charge in [0.15, 0.2) is 17.2 Å². The zero-order chi connectivity index (χ0) is 18.1. The number of aromatic nitrogens is 2. The molecule has 0 bridgehead atoms. The van der Waals surface area contributed by atoms with E-state index >= 15 is 0 Å². The smallest absolute Gasteiger partial charge is 0.359 e. The van der Waals surface area contributed by atoms with E-state index in [4.69, 9.17) is 14.2 Å². The van der Waals surface area contributed by atoms with Crippen molar-refractivity contribution in [3.05, 3.63) is 62.5 Å². The predicted octanol–water partition coefficient (Wildman–Crippen LogP) is 2.81. The van der Waals surface area contributed by atoms with Crippen LogP contribution in [0.2, 0.25) is 0 Å². The van der Waals surface area contributed by atoms with E-state index in [1.807, 2.05) is 0 Å². The normalized spacial score (nSPS) is 12.8. The first-order valence-electron chi connectivity index (χ1n) is 7.86. The topological polar surface area (TPSA) is 90.5 Å². The van der Waals surface area contributed by atoms with Gasteiger partial charge in [-0.05, 0) is 18.2 Å². The highest BCUT2D eigenvalue weighted by atomic mass is 79.9. The lowest BCUT2D eigenvalue weighted by Crippen LogP contribution is -2.17. The molecule has 132 valence electrons. The van der Waals surface area contributed by atoms with Crippen LogP contribution >= 0.6 is 15.9 Å². The van der Waals surface area contributed by atoms with Gasteiger partial charge in [0.1, 0.15) is 19.8 Å². The van der Waals surface area contributed by atoms with Crippen molar-refractivity contribution in [1.82, 2.24) is 10.2 Å². The Hall–Kier alpha value is -2.87. The minimum Gasteiger partial charge on any atom is -0.486 e. The Balaban J connectivity index is 1.59. The molecule has 2 heterocycles. The summed E-state index contributed by atoms with van der Waals surface area (Å²) in [6.07, 6.45) is 0. The maximum Gasteiger partial charge on any atom is 0.359 e. The summed E-state index contributed by atoms with van der Waals surface area (Å²) in [6.45, 7) is 0.991. The molecule has 1 aliphatic heterocycles. The number of H-pyrrole nitrogens is 1. The third kappa shape index (κ3) is 3.03. The average molecular weight is 417 g/mol. The summed E-state index contributed by atoms with van der Waals surface area (Å²) in [5.41, 5.74) is 0.442. The van der Waals surface area contributed by atoms with Crippen molar-refractivity contribution in [2.24, 2.45) is 0 Å². The summed E-state index contributed by atoms with van der Waals surface area (Å²) in [4.78, 5) is 24.3. The second-order valence-corrected chi connectivity index (χ2v) is 6.46. The van der Waals surface area contributed by atoms with Crippen LogP contribution in [0.15, 0.2) is 45.7 Å². The fraction of sp³-hybridized carbons (Fsp3) is 0.167. The molecule has 0 saturated heterocycles. The first-order chi connectivity index (χ1) is 12.6. The molecule has 0 aliphatic carbocycles. The molecule has 1 aliphatic rings. The third-order valence-corrected chi connectivity index (χ3v) is 4.70. The van der Waals surface area contributed by atoms with Crippen LogP contribution in [0.5, 0.6) is 11.5 Å². The van der Waals surface area contributed by atoms with Crippen LogP contribution in [0.4, 0.5) is 0 Å². The van der Waals surface area contributed by atoms with E-state index in [1.54, 1.807) is 36.4 Å². The average Bonchev–Trinajstić information content (AvgIpc) is 2.66. The molecule has 1 N–H and O–H groups in total. The summed E-state index contributed by atoms with van der Waals surface area (Å²) in [5, 5.41) is 7.00. The van der Waals surface area contributed by atoms with Crippen molar-refractivity contribution in [2.45, 2.75) is 6.61 Å². The van der Waals surface area contributed by atoms with Gasteiger partial charge < -0.3 is 14.2 Å². The van der Waals surface area contributed by atoms with Crippen LogP contribution < -0.4 is 15.0 Å². The molecule has 4 rings (SSSR count). The van der Waals surface area contributed by atoms with Crippen molar-refractivity contribution in [3.63, 3.8) is 0 Å². The van der Waals surface area contributed by atoms with Gasteiger partial charge >= 0.3 is 5.97 Å². The lowest BCUT2D eigenvalue weighted by molar-refractivity contribution is 0.0465. The van der Waals surface area contributed by atoms with Gasteiger partial charge in [0, 0.05) is 15.4 Å². The van der Waals surface area contributed by atoms with Crippen molar-refractivity contribution in [1.29, 1.82) is 0 Å². The van der Waals surface area contributed by atoms with Gasteiger partial charge in [-0.15, -0.1) is 0 Å². The number of carbonyl (C=O) groups is 1. The zero-order valence-electron chi connectivity index (χ0n) is 13.5. The van der Waals surface area contributed by atoms with E-state index in [1.165, 1.54) is 0 Å². The number of fused-ring (bicyclic) bond motifs is 2. The molecule has 2 aromatic carbocycles. The molecule has 26 heavy (non-hydrogen) atoms. The molecule has 0 radical (unpaired) electrons. The van der Waals surface area contributed by atoms with E-state index in [-0.39, 0.29) is 17.9 Å². The standard InChI is InChI=1S/C18H13BrN2O5/c19-13-8-15-14(24-5-6-25-15)7-10(13)9-26-18(23)16-11-3-1-2-4-12(11)17(22)21-20-16/h1-4,7-8H,5-6,9H2,(H,21,22). The van der Waals surface area contributed by atoms with E-state index < -0.39 is 5.97 Å². The Morgan fingerprint density at radius 2 is 1.85 bits per heavy atom. The molecular weight excluding hydrogens is 404 g/mol. The van der Waals surface area contributed by atoms with Crippen LogP contribution in [0.1, 0.15) is 16.1 Å². The minimum absolute atomic E-state index is 0.0190. The molecular formula is C18H13BrN2O5. The fourth-order valence-corrected chi connectivity index (χ4v) is 3.14. The largest absolute Gasteiger partial charge is 0.486 e. The molecule has 8 heteroatoms. The highest BCUT2D eigenvalue weighted by molar-refractivity contribution is 9.10. The number of nitrogens with one attached hydrogen (secondary N) is 1. The second-order valence-electron chi connectivity index (χ2n) is 5.61. The van der Waals surface area contributed by atoms with Gasteiger partial charge in [0.2, 0.25) is 0 Å². The number of hydrogen-bond acceptors (Lipinski definition) is 6. The maximum absolute atomic E-state index is 12.5. The number of aromatic amines is 1. The van der Waals surface area contributed by atoms with E-state index in [2.05, 4.69) is 26.1 Å². The highest BCUT2D eigenvalue weighted by Gasteiger charge is 2.18. The highest BCUT2D eigenvalue weighted by Crippen LogP contribution is 2.35. The Kier molecular flexibility index (Phi) is 4.34. The maximum atomic E-state index is 12.5. The Morgan fingerprint density at radius 3 is 2.62 bits per heavy atom. The molecule has 0 atom stereocenters. The van der Waals surface area contributed by atoms with Crippen molar-refractivity contribution in [2.75, 3.05) is 13.2 Å². The van der Waals surface area contributed by atoms with Crippen LogP contribution in [-0.4, -0.2) is 29.4 Å². The van der Waals surface area contributed by atoms with Crippen LogP contribution in [0, 0.1) is 0 Å². The summed E-state index contributed by atoms with van der Waals surface area (Å²) < 4.78 is 17.2. The minimum atomic E-state index is -0.626. The quantitative estimate of drug-likeness (QED) is 0.660. The summed E-state index contributed by atoms with van der Waals surface area (Å²) in [5.74, 6) is 0.629. The summed E-state index contributed by atoms with van der Waals surface area (Å²) in [6, 6.07) is 10.3. The summed E-state index contributed by atoms with van der Waals surface area (Å²) in [7, 11) is 0. The number of carbonyl (C=O) groups excluding carboxylic acids is 1. The molecule has 0 spiro atoms. The van der Waals surface area contributed by atoms with E-state index in [0.29, 0.717) is 35.5 Å². The molecule has 0 saturated carbocycles. The third-order valence-electron chi connectivity index (χ3n) is 3.96. The molecule has 1 aromatic heterocycles. The van der Waals surface area contributed by atoms with Crippen molar-refractivity contribution >= 4 is 32.7 Å². The summed E-state index contributed by atoms with van der Waals surface area (Å²) >= 11 is 3.44. The van der Waals surface area contributed by atoms with E-state index in [0.717, 1.165) is 10.0 Å². The van der Waals surface area contributed by atoms with Crippen LogP contribution in [0.25, 0.3) is 10.8 Å². The van der Waals surface area contributed by atoms with Gasteiger partial charge in [-0.25, -0.2) is 9.89 Å². The molecule has 0 unspecified atom stereocenters. The van der Waals surface area contributed by atoms with E-state index in [9.17, 15) is 9.59 Å². The van der Waals surface area contributed by atoms with Gasteiger partial charge in [-0.2, -0.15) is 5.10 Å². The lowest BCUT2D eigenvalue weighted by atomic mass is 10.1. The Labute approximate surface area is 156 Å². The number of halogens is 1. The van der Waals surface area contributed by atoms with Crippen molar-refractivity contribution in [3.8, 4) is 11.5 Å². The monoisotopic (exact) mass is 416 g/mol. The SMILES string of the molecule is O=C(OCc1cc2c(cc1Br)OCCO2)c1n[nH]c(=O)c2ccccc12. The first kappa shape index (κ1) is 16.6. The molecule has 0 fully saturated rings. The van der Waals surface area contributed by atoms with Gasteiger partial charge in [-0.3, -0.25) is 4.79 Å². The van der Waals surface area contributed by atoms with Gasteiger partial charge in [-0.1, -0.05) is 34.1 Å². The number of ether oxygens (including phenoxy) is 3. The van der Waals surface area contributed by atoms with Crippen molar-refractivity contribution < 1.29 is 19.0 Å². The molecule has 3 aromatic rings. The fourth-order valence-electron chi connectivity index (χ4n) is 2.70. The molecule has 0 amide bonds. The molecule has 7 nitrogen and oxygen atoms in total.